The Bertz CT molecular complexity index is 157. The third-order valence-corrected chi connectivity index (χ3v) is 2.88. The summed E-state index contributed by atoms with van der Waals surface area (Å²) in [5, 5.41) is 0.247. The first kappa shape index (κ1) is 10.0. The quantitative estimate of drug-likeness (QED) is 0.636. The normalized spacial score (nSPS) is 22.2. The van der Waals surface area contributed by atoms with Crippen molar-refractivity contribution in [2.45, 2.75) is 13.0 Å². The molecule has 0 aromatic heterocycles. The standard InChI is InChI=1S/C8H15NO2S/c1-7(8(10)12-2)9-3-5-11-6-4-9/h7H,3-6H2,1-2H3. The molecule has 1 saturated heterocycles. The van der Waals surface area contributed by atoms with E-state index in [0.717, 1.165) is 26.3 Å². The van der Waals surface area contributed by atoms with Crippen LogP contribution in [0.5, 0.6) is 0 Å². The van der Waals surface area contributed by atoms with E-state index in [0.29, 0.717) is 0 Å². The van der Waals surface area contributed by atoms with Crippen molar-refractivity contribution in [1.29, 1.82) is 0 Å². The molecule has 0 spiro atoms. The lowest BCUT2D eigenvalue weighted by molar-refractivity contribution is -0.116. The van der Waals surface area contributed by atoms with Gasteiger partial charge in [0.25, 0.3) is 0 Å². The number of carbonyl (C=O) groups is 1. The molecule has 0 N–H and O–H groups in total. The minimum atomic E-state index is 0.0453. The van der Waals surface area contributed by atoms with Crippen molar-refractivity contribution in [3.05, 3.63) is 0 Å². The van der Waals surface area contributed by atoms with E-state index in [2.05, 4.69) is 4.90 Å². The van der Waals surface area contributed by atoms with Gasteiger partial charge in [0.2, 0.25) is 5.12 Å². The second-order valence-electron chi connectivity index (χ2n) is 2.85. The number of ether oxygens (including phenoxy) is 1. The van der Waals surface area contributed by atoms with Gasteiger partial charge in [0.15, 0.2) is 0 Å². The molecule has 0 aliphatic carbocycles. The predicted octanol–water partition coefficient (Wildman–Crippen LogP) is 0.597. The molecule has 12 heavy (non-hydrogen) atoms. The van der Waals surface area contributed by atoms with Crippen LogP contribution in [0.1, 0.15) is 6.92 Å². The Kier molecular flexibility index (Phi) is 4.05. The highest BCUT2D eigenvalue weighted by Gasteiger charge is 2.21. The second-order valence-corrected chi connectivity index (χ2v) is 3.66. The first-order valence-corrected chi connectivity index (χ1v) is 5.38. The van der Waals surface area contributed by atoms with Gasteiger partial charge in [-0.2, -0.15) is 0 Å². The Morgan fingerprint density at radius 3 is 2.58 bits per heavy atom. The van der Waals surface area contributed by atoms with E-state index >= 15 is 0 Å². The fourth-order valence-electron chi connectivity index (χ4n) is 1.28. The lowest BCUT2D eigenvalue weighted by Gasteiger charge is -2.30. The number of thioether (sulfide) groups is 1. The highest BCUT2D eigenvalue weighted by Crippen LogP contribution is 2.09. The maximum Gasteiger partial charge on any atom is 0.205 e. The molecule has 0 amide bonds. The Morgan fingerprint density at radius 1 is 1.50 bits per heavy atom. The van der Waals surface area contributed by atoms with Gasteiger partial charge in [0.1, 0.15) is 0 Å². The molecule has 0 bridgehead atoms. The van der Waals surface area contributed by atoms with Crippen molar-refractivity contribution in [3.63, 3.8) is 0 Å². The number of hydrogen-bond acceptors (Lipinski definition) is 4. The van der Waals surface area contributed by atoms with E-state index in [1.165, 1.54) is 11.8 Å². The summed E-state index contributed by atoms with van der Waals surface area (Å²) in [5.74, 6) is 0. The Balaban J connectivity index is 2.39. The van der Waals surface area contributed by atoms with E-state index in [1.807, 2.05) is 13.2 Å². The molecule has 1 aliphatic rings. The van der Waals surface area contributed by atoms with E-state index in [-0.39, 0.29) is 11.2 Å². The monoisotopic (exact) mass is 189 g/mol. The molecule has 1 heterocycles. The van der Waals surface area contributed by atoms with Crippen molar-refractivity contribution in [1.82, 2.24) is 4.90 Å². The average molecular weight is 189 g/mol. The van der Waals surface area contributed by atoms with Crippen molar-refractivity contribution < 1.29 is 9.53 Å². The molecule has 1 fully saturated rings. The van der Waals surface area contributed by atoms with Gasteiger partial charge in [-0.05, 0) is 13.2 Å². The zero-order valence-electron chi connectivity index (χ0n) is 7.58. The van der Waals surface area contributed by atoms with Gasteiger partial charge in [-0.3, -0.25) is 9.69 Å². The van der Waals surface area contributed by atoms with Gasteiger partial charge in [0, 0.05) is 13.1 Å². The first-order chi connectivity index (χ1) is 5.75. The largest absolute Gasteiger partial charge is 0.379 e. The van der Waals surface area contributed by atoms with Crippen molar-refractivity contribution in [2.75, 3.05) is 32.6 Å². The third kappa shape index (κ3) is 2.47. The van der Waals surface area contributed by atoms with Gasteiger partial charge in [-0.25, -0.2) is 0 Å². The smallest absolute Gasteiger partial charge is 0.205 e. The molecule has 0 saturated carbocycles. The van der Waals surface area contributed by atoms with Crippen LogP contribution >= 0.6 is 11.8 Å². The van der Waals surface area contributed by atoms with Crippen LogP contribution < -0.4 is 0 Å². The minimum absolute atomic E-state index is 0.0453. The molecule has 1 aliphatic heterocycles. The summed E-state index contributed by atoms with van der Waals surface area (Å²) in [4.78, 5) is 13.5. The van der Waals surface area contributed by atoms with Crippen LogP contribution in [0.3, 0.4) is 0 Å². The molecule has 70 valence electrons. The van der Waals surface area contributed by atoms with Gasteiger partial charge in [-0.15, -0.1) is 0 Å². The SMILES string of the molecule is CSC(=O)C(C)N1CCOCC1. The van der Waals surface area contributed by atoms with Crippen LogP contribution in [0, 0.1) is 0 Å². The Labute approximate surface area is 77.4 Å². The topological polar surface area (TPSA) is 29.5 Å². The highest BCUT2D eigenvalue weighted by molar-refractivity contribution is 8.13. The number of rotatable bonds is 2. The lowest BCUT2D eigenvalue weighted by atomic mass is 10.3. The fraction of sp³-hybridized carbons (Fsp3) is 0.875. The van der Waals surface area contributed by atoms with Crippen LogP contribution in [-0.4, -0.2) is 48.6 Å². The van der Waals surface area contributed by atoms with Crippen molar-refractivity contribution >= 4 is 16.9 Å². The van der Waals surface area contributed by atoms with Crippen LogP contribution in [0.4, 0.5) is 0 Å². The molecule has 4 heteroatoms. The number of nitrogens with zero attached hydrogens (tertiary/aromatic N) is 1. The summed E-state index contributed by atoms with van der Waals surface area (Å²) in [5.41, 5.74) is 0. The molecular weight excluding hydrogens is 174 g/mol. The van der Waals surface area contributed by atoms with Crippen molar-refractivity contribution in [3.8, 4) is 0 Å². The molecule has 0 aromatic carbocycles. The summed E-state index contributed by atoms with van der Waals surface area (Å²) in [7, 11) is 0. The van der Waals surface area contributed by atoms with Gasteiger partial charge in [-0.1, -0.05) is 11.8 Å². The summed E-state index contributed by atoms with van der Waals surface area (Å²) in [6.45, 7) is 5.24. The summed E-state index contributed by atoms with van der Waals surface area (Å²) in [6.07, 6.45) is 1.83. The highest BCUT2D eigenvalue weighted by atomic mass is 32.2. The molecule has 1 atom stereocenters. The van der Waals surface area contributed by atoms with Crippen LogP contribution in [0.25, 0.3) is 0 Å². The zero-order valence-corrected chi connectivity index (χ0v) is 8.39. The summed E-state index contributed by atoms with van der Waals surface area (Å²) >= 11 is 1.31. The molecule has 0 radical (unpaired) electrons. The summed E-state index contributed by atoms with van der Waals surface area (Å²) in [6, 6.07) is 0.0453. The predicted molar refractivity (Wildman–Crippen MR) is 50.4 cm³/mol. The second kappa shape index (κ2) is 4.84. The van der Waals surface area contributed by atoms with Gasteiger partial charge < -0.3 is 4.74 Å². The van der Waals surface area contributed by atoms with E-state index < -0.39 is 0 Å². The average Bonchev–Trinajstić information content (AvgIpc) is 2.17. The van der Waals surface area contributed by atoms with Crippen LogP contribution in [0.15, 0.2) is 0 Å². The van der Waals surface area contributed by atoms with Crippen LogP contribution in [0.2, 0.25) is 0 Å². The van der Waals surface area contributed by atoms with Crippen molar-refractivity contribution in [2.24, 2.45) is 0 Å². The molecule has 0 aromatic rings. The first-order valence-electron chi connectivity index (χ1n) is 4.15. The molecule has 3 nitrogen and oxygen atoms in total. The van der Waals surface area contributed by atoms with E-state index in [9.17, 15) is 4.79 Å². The Hall–Kier alpha value is -0.0600. The fourth-order valence-corrected chi connectivity index (χ4v) is 1.77. The van der Waals surface area contributed by atoms with E-state index in [4.69, 9.17) is 4.74 Å². The zero-order chi connectivity index (χ0) is 8.97. The maximum absolute atomic E-state index is 11.3. The van der Waals surface area contributed by atoms with Gasteiger partial charge >= 0.3 is 0 Å². The van der Waals surface area contributed by atoms with Crippen LogP contribution in [-0.2, 0) is 9.53 Å². The lowest BCUT2D eigenvalue weighted by Crippen LogP contribution is -2.45. The maximum atomic E-state index is 11.3. The third-order valence-electron chi connectivity index (χ3n) is 2.14. The van der Waals surface area contributed by atoms with E-state index in [1.54, 1.807) is 0 Å². The number of carbonyl (C=O) groups excluding carboxylic acids is 1. The number of hydrogen-bond donors (Lipinski definition) is 0. The van der Waals surface area contributed by atoms with Gasteiger partial charge in [0.05, 0.1) is 19.3 Å². The number of morpholine rings is 1. The summed E-state index contributed by atoms with van der Waals surface area (Å²) < 4.78 is 5.20. The molecule has 1 rings (SSSR count). The Morgan fingerprint density at radius 2 is 2.08 bits per heavy atom. The molecule has 1 unspecified atom stereocenters. The minimum Gasteiger partial charge on any atom is -0.379 e. The molecular formula is C8H15NO2S.